The van der Waals surface area contributed by atoms with Crippen LogP contribution in [-0.4, -0.2) is 97.2 Å². The first-order chi connectivity index (χ1) is 14.8. The second-order valence-corrected chi connectivity index (χ2v) is 8.30. The van der Waals surface area contributed by atoms with Crippen LogP contribution in [-0.2, 0) is 0 Å². The summed E-state index contributed by atoms with van der Waals surface area (Å²) in [6.45, 7) is 14.7. The molecule has 1 aromatic rings. The minimum atomic E-state index is 0. The molecule has 2 saturated heterocycles. The summed E-state index contributed by atoms with van der Waals surface area (Å²) >= 11 is 0. The average Bonchev–Trinajstić information content (AvgIpc) is 2.79. The molecule has 2 aliphatic heterocycles. The Balaban J connectivity index is 0.00000341. The molecule has 0 spiro atoms. The largest absolute Gasteiger partial charge is 0.357 e. The highest BCUT2D eigenvalue weighted by atomic mass is 127. The minimum absolute atomic E-state index is 0. The Morgan fingerprint density at radius 3 is 2.55 bits per heavy atom. The number of halogens is 1. The average molecular weight is 545 g/mol. The Morgan fingerprint density at radius 2 is 1.84 bits per heavy atom. The molecule has 0 bridgehead atoms. The smallest absolute Gasteiger partial charge is 0.225 e. The Labute approximate surface area is 205 Å². The fourth-order valence-corrected chi connectivity index (χ4v) is 4.25. The zero-order chi connectivity index (χ0) is 21.0. The zero-order valence-electron chi connectivity index (χ0n) is 19.3. The van der Waals surface area contributed by atoms with Crippen molar-refractivity contribution in [3.05, 3.63) is 18.5 Å². The third-order valence-electron chi connectivity index (χ3n) is 6.09. The molecule has 0 aliphatic carbocycles. The van der Waals surface area contributed by atoms with E-state index in [9.17, 15) is 0 Å². The van der Waals surface area contributed by atoms with Crippen LogP contribution in [0, 0.1) is 0 Å². The van der Waals surface area contributed by atoms with E-state index in [2.05, 4.69) is 49.1 Å². The van der Waals surface area contributed by atoms with Crippen molar-refractivity contribution in [3.63, 3.8) is 0 Å². The van der Waals surface area contributed by atoms with E-state index >= 15 is 0 Å². The number of rotatable bonds is 9. The van der Waals surface area contributed by atoms with Crippen LogP contribution in [0.15, 0.2) is 23.5 Å². The van der Waals surface area contributed by atoms with Crippen LogP contribution in [0.3, 0.4) is 0 Å². The van der Waals surface area contributed by atoms with Crippen LogP contribution in [0.1, 0.15) is 39.5 Å². The fraction of sp³-hybridized carbons (Fsp3) is 0.773. The van der Waals surface area contributed by atoms with Crippen LogP contribution in [0.5, 0.6) is 0 Å². The number of piperidine rings is 1. The molecule has 3 rings (SSSR count). The van der Waals surface area contributed by atoms with Crippen molar-refractivity contribution < 1.29 is 0 Å². The predicted molar refractivity (Wildman–Crippen MR) is 140 cm³/mol. The number of hydrogen-bond donors (Lipinski definition) is 2. The van der Waals surface area contributed by atoms with Crippen molar-refractivity contribution in [1.82, 2.24) is 30.4 Å². The number of hydrogen-bond acceptors (Lipinski definition) is 6. The van der Waals surface area contributed by atoms with E-state index in [1.54, 1.807) is 0 Å². The van der Waals surface area contributed by atoms with Crippen LogP contribution in [0.2, 0.25) is 0 Å². The molecule has 0 radical (unpaired) electrons. The van der Waals surface area contributed by atoms with E-state index in [0.717, 1.165) is 76.7 Å². The molecule has 176 valence electrons. The molecule has 31 heavy (non-hydrogen) atoms. The molecule has 2 aliphatic rings. The number of nitrogens with one attached hydrogen (secondary N) is 2. The first-order valence-corrected chi connectivity index (χ1v) is 11.8. The highest BCUT2D eigenvalue weighted by Gasteiger charge is 2.19. The van der Waals surface area contributed by atoms with Gasteiger partial charge in [0.25, 0.3) is 0 Å². The van der Waals surface area contributed by atoms with E-state index in [4.69, 9.17) is 4.99 Å². The summed E-state index contributed by atoms with van der Waals surface area (Å²) in [4.78, 5) is 20.9. The van der Waals surface area contributed by atoms with E-state index in [-0.39, 0.29) is 24.0 Å². The topological polar surface area (TPSA) is 71.9 Å². The van der Waals surface area contributed by atoms with Crippen molar-refractivity contribution in [2.75, 3.05) is 70.3 Å². The van der Waals surface area contributed by atoms with E-state index in [0.29, 0.717) is 0 Å². The maximum atomic E-state index is 4.78. The Hall–Kier alpha value is -1.20. The number of anilines is 1. The van der Waals surface area contributed by atoms with Crippen LogP contribution in [0.4, 0.5) is 5.95 Å². The lowest BCUT2D eigenvalue weighted by molar-refractivity contribution is 0.160. The van der Waals surface area contributed by atoms with Gasteiger partial charge in [0.15, 0.2) is 5.96 Å². The summed E-state index contributed by atoms with van der Waals surface area (Å²) in [7, 11) is 0. The van der Waals surface area contributed by atoms with Crippen LogP contribution in [0.25, 0.3) is 0 Å². The molecule has 9 heteroatoms. The molecule has 1 aromatic heterocycles. The predicted octanol–water partition coefficient (Wildman–Crippen LogP) is 2.04. The summed E-state index contributed by atoms with van der Waals surface area (Å²) in [6.07, 6.45) is 8.84. The highest BCUT2D eigenvalue weighted by molar-refractivity contribution is 14.0. The van der Waals surface area contributed by atoms with Gasteiger partial charge in [-0.05, 0) is 45.7 Å². The first kappa shape index (κ1) is 26.1. The molecule has 2 fully saturated rings. The Morgan fingerprint density at radius 1 is 1.06 bits per heavy atom. The first-order valence-electron chi connectivity index (χ1n) is 11.8. The van der Waals surface area contributed by atoms with E-state index in [1.807, 2.05) is 18.5 Å². The fourth-order valence-electron chi connectivity index (χ4n) is 4.25. The lowest BCUT2D eigenvalue weighted by Crippen LogP contribution is -2.49. The summed E-state index contributed by atoms with van der Waals surface area (Å²) in [5.41, 5.74) is 0. The number of aromatic nitrogens is 2. The second-order valence-electron chi connectivity index (χ2n) is 8.30. The van der Waals surface area contributed by atoms with Gasteiger partial charge < -0.3 is 20.4 Å². The van der Waals surface area contributed by atoms with E-state index < -0.39 is 0 Å². The van der Waals surface area contributed by atoms with Crippen molar-refractivity contribution in [2.24, 2.45) is 4.99 Å². The van der Waals surface area contributed by atoms with Gasteiger partial charge in [-0.2, -0.15) is 0 Å². The zero-order valence-corrected chi connectivity index (χ0v) is 21.6. The van der Waals surface area contributed by atoms with Gasteiger partial charge in [-0.15, -0.1) is 24.0 Å². The van der Waals surface area contributed by atoms with E-state index in [1.165, 1.54) is 32.4 Å². The Bertz CT molecular complexity index is 621. The molecule has 0 amide bonds. The lowest BCUT2D eigenvalue weighted by Gasteiger charge is -2.34. The molecule has 3 heterocycles. The maximum absolute atomic E-state index is 4.78. The lowest BCUT2D eigenvalue weighted by atomic mass is 10.0. The number of piperazine rings is 1. The summed E-state index contributed by atoms with van der Waals surface area (Å²) in [5.74, 6) is 1.79. The molecule has 0 saturated carbocycles. The van der Waals surface area contributed by atoms with Gasteiger partial charge in [0.1, 0.15) is 0 Å². The minimum Gasteiger partial charge on any atom is -0.357 e. The van der Waals surface area contributed by atoms with Gasteiger partial charge >= 0.3 is 0 Å². The van der Waals surface area contributed by atoms with Gasteiger partial charge in [-0.1, -0.05) is 6.42 Å². The van der Waals surface area contributed by atoms with Gasteiger partial charge in [0.2, 0.25) is 5.95 Å². The normalized spacial score (nSPS) is 20.9. The molecule has 0 aromatic carbocycles. The third kappa shape index (κ3) is 9.05. The van der Waals surface area contributed by atoms with Crippen molar-refractivity contribution in [1.29, 1.82) is 0 Å². The Kier molecular flexibility index (Phi) is 12.4. The van der Waals surface area contributed by atoms with Crippen LogP contribution >= 0.6 is 24.0 Å². The molecular formula is C22H41IN8. The maximum Gasteiger partial charge on any atom is 0.225 e. The van der Waals surface area contributed by atoms with Crippen molar-refractivity contribution >= 4 is 35.9 Å². The van der Waals surface area contributed by atoms with Crippen molar-refractivity contribution in [2.45, 2.75) is 45.6 Å². The molecule has 2 N–H and O–H groups in total. The third-order valence-corrected chi connectivity index (χ3v) is 6.09. The standard InChI is InChI=1S/C22H40N8.HI/c1-3-23-21(24-11-7-14-29-13-5-4-8-20(29)2)25-12-15-28-16-18-30(19-17-28)22-26-9-6-10-27-22;/h6,9-10,20H,3-5,7-8,11-19H2,1-2H3,(H2,23,24,25);1H. The number of nitrogens with zero attached hydrogens (tertiary/aromatic N) is 6. The highest BCUT2D eigenvalue weighted by Crippen LogP contribution is 2.16. The number of likely N-dealkylation sites (tertiary alicyclic amines) is 1. The second kappa shape index (κ2) is 14.8. The van der Waals surface area contributed by atoms with Crippen molar-refractivity contribution in [3.8, 4) is 0 Å². The SMILES string of the molecule is CCNC(=NCCCN1CCCCC1C)NCCN1CCN(c2ncccn2)CC1.I. The quantitative estimate of drug-likeness (QED) is 0.214. The molecule has 8 nitrogen and oxygen atoms in total. The summed E-state index contributed by atoms with van der Waals surface area (Å²) in [5, 5.41) is 6.88. The number of aliphatic imine (C=N–C) groups is 1. The molecular weight excluding hydrogens is 503 g/mol. The number of guanidine groups is 1. The van der Waals surface area contributed by atoms with Gasteiger partial charge in [-0.3, -0.25) is 9.89 Å². The molecule has 1 unspecified atom stereocenters. The van der Waals surface area contributed by atoms with Gasteiger partial charge in [0, 0.05) is 77.3 Å². The van der Waals surface area contributed by atoms with Gasteiger partial charge in [0.05, 0.1) is 0 Å². The monoisotopic (exact) mass is 544 g/mol. The summed E-state index contributed by atoms with van der Waals surface area (Å²) in [6, 6.07) is 2.60. The summed E-state index contributed by atoms with van der Waals surface area (Å²) < 4.78 is 0. The molecule has 1 atom stereocenters. The van der Waals surface area contributed by atoms with Gasteiger partial charge in [-0.25, -0.2) is 9.97 Å². The van der Waals surface area contributed by atoms with Crippen LogP contribution < -0.4 is 15.5 Å².